The Balaban J connectivity index is 2.09. The molecule has 0 bridgehead atoms. The van der Waals surface area contributed by atoms with Crippen LogP contribution < -0.4 is 5.32 Å². The molecule has 6 heteroatoms. The zero-order valence-electron chi connectivity index (χ0n) is 17.0. The van der Waals surface area contributed by atoms with Crippen LogP contribution in [0.5, 0.6) is 0 Å². The summed E-state index contributed by atoms with van der Waals surface area (Å²) in [6.45, 7) is 4.77. The van der Waals surface area contributed by atoms with E-state index in [0.29, 0.717) is 18.2 Å². The highest BCUT2D eigenvalue weighted by Gasteiger charge is 2.23. The Morgan fingerprint density at radius 3 is 2.48 bits per heavy atom. The lowest BCUT2D eigenvalue weighted by molar-refractivity contribution is 0.583. The third kappa shape index (κ3) is 4.77. The first-order valence-electron chi connectivity index (χ1n) is 9.78. The van der Waals surface area contributed by atoms with Crippen LogP contribution in [-0.2, 0) is 23.0 Å². The summed E-state index contributed by atoms with van der Waals surface area (Å²) in [6.07, 6.45) is 3.37. The summed E-state index contributed by atoms with van der Waals surface area (Å²) < 4.78 is 42.6. The van der Waals surface area contributed by atoms with Gasteiger partial charge in [0.15, 0.2) is 0 Å². The van der Waals surface area contributed by atoms with E-state index in [1.807, 2.05) is 6.07 Å². The first-order valence-corrected chi connectivity index (χ1v) is 11.2. The molecule has 29 heavy (non-hydrogen) atoms. The van der Waals surface area contributed by atoms with E-state index in [0.717, 1.165) is 24.0 Å². The van der Waals surface area contributed by atoms with E-state index in [1.165, 1.54) is 10.0 Å². The average Bonchev–Trinajstić information content (AvgIpc) is 3.12. The fourth-order valence-electron chi connectivity index (χ4n) is 3.29. The Labute approximate surface area is 172 Å². The first kappa shape index (κ1) is 21.3. The minimum atomic E-state index is -3.87. The second-order valence-electron chi connectivity index (χ2n) is 7.62. The van der Waals surface area contributed by atoms with Gasteiger partial charge in [0.1, 0.15) is 5.82 Å². The Hall–Kier alpha value is -2.44. The Morgan fingerprint density at radius 2 is 1.79 bits per heavy atom. The van der Waals surface area contributed by atoms with Crippen molar-refractivity contribution in [3.63, 3.8) is 0 Å². The molecule has 1 N–H and O–H groups in total. The van der Waals surface area contributed by atoms with Crippen LogP contribution in [0, 0.1) is 11.7 Å². The maximum atomic E-state index is 14.5. The molecule has 0 aliphatic rings. The summed E-state index contributed by atoms with van der Waals surface area (Å²) in [5.74, 6) is 0.0835. The van der Waals surface area contributed by atoms with E-state index in [2.05, 4.69) is 19.2 Å². The number of rotatable bonds is 8. The molecule has 0 saturated carbocycles. The number of hydrogen-bond donors (Lipinski definition) is 1. The molecule has 0 radical (unpaired) electrons. The van der Waals surface area contributed by atoms with Crippen LogP contribution in [0.2, 0.25) is 0 Å². The standard InChI is InChI=1S/C23H27FN2O2S/c1-17(2)11-12-18-7-6-8-20(13-18)29(27,28)26-16-19(15-25-3)14-23(26)21-9-4-5-10-22(21)24/h4-10,13-14,16-17,25H,11-12,15H2,1-3H3. The quantitative estimate of drug-likeness (QED) is 0.574. The number of benzene rings is 2. The molecule has 0 saturated heterocycles. The molecule has 0 atom stereocenters. The van der Waals surface area contributed by atoms with Crippen molar-refractivity contribution in [2.45, 2.75) is 38.1 Å². The van der Waals surface area contributed by atoms with Gasteiger partial charge in [-0.15, -0.1) is 0 Å². The maximum absolute atomic E-state index is 14.5. The molecule has 1 heterocycles. The van der Waals surface area contributed by atoms with Gasteiger partial charge in [-0.05, 0) is 67.3 Å². The van der Waals surface area contributed by atoms with Gasteiger partial charge in [-0.2, -0.15) is 0 Å². The van der Waals surface area contributed by atoms with E-state index in [-0.39, 0.29) is 10.5 Å². The van der Waals surface area contributed by atoms with Crippen molar-refractivity contribution in [3.05, 3.63) is 77.7 Å². The smallest absolute Gasteiger partial charge is 0.268 e. The van der Waals surface area contributed by atoms with Crippen LogP contribution in [0.1, 0.15) is 31.4 Å². The fourth-order valence-corrected chi connectivity index (χ4v) is 4.75. The lowest BCUT2D eigenvalue weighted by Crippen LogP contribution is -2.14. The monoisotopic (exact) mass is 414 g/mol. The molecule has 0 spiro atoms. The average molecular weight is 415 g/mol. The van der Waals surface area contributed by atoms with E-state index < -0.39 is 15.8 Å². The highest BCUT2D eigenvalue weighted by Crippen LogP contribution is 2.29. The van der Waals surface area contributed by atoms with Gasteiger partial charge in [-0.1, -0.05) is 38.1 Å². The lowest BCUT2D eigenvalue weighted by Gasteiger charge is -2.12. The fraction of sp³-hybridized carbons (Fsp3) is 0.304. The molecule has 0 fully saturated rings. The van der Waals surface area contributed by atoms with Gasteiger partial charge in [0.2, 0.25) is 0 Å². The Kier molecular flexibility index (Phi) is 6.55. The summed E-state index contributed by atoms with van der Waals surface area (Å²) in [6, 6.07) is 15.0. The molecule has 4 nitrogen and oxygen atoms in total. The second-order valence-corrected chi connectivity index (χ2v) is 9.44. The molecule has 3 aromatic rings. The zero-order valence-corrected chi connectivity index (χ0v) is 17.8. The topological polar surface area (TPSA) is 51.1 Å². The van der Waals surface area contributed by atoms with Crippen molar-refractivity contribution in [2.24, 2.45) is 5.92 Å². The minimum Gasteiger partial charge on any atom is -0.316 e. The summed E-state index contributed by atoms with van der Waals surface area (Å²) in [4.78, 5) is 0.211. The molecule has 0 aliphatic carbocycles. The van der Waals surface area contributed by atoms with Gasteiger partial charge in [-0.3, -0.25) is 0 Å². The largest absolute Gasteiger partial charge is 0.316 e. The SMILES string of the molecule is CNCc1cc(-c2ccccc2F)n(S(=O)(=O)c2cccc(CCC(C)C)c2)c1. The van der Waals surface area contributed by atoms with Gasteiger partial charge in [-0.25, -0.2) is 16.8 Å². The van der Waals surface area contributed by atoms with Gasteiger partial charge in [0.05, 0.1) is 10.6 Å². The van der Waals surface area contributed by atoms with Crippen LogP contribution in [-0.4, -0.2) is 19.4 Å². The van der Waals surface area contributed by atoms with Crippen molar-refractivity contribution in [1.82, 2.24) is 9.29 Å². The van der Waals surface area contributed by atoms with Crippen LogP contribution in [0.3, 0.4) is 0 Å². The number of nitrogens with zero attached hydrogens (tertiary/aromatic N) is 1. The molecule has 154 valence electrons. The molecular weight excluding hydrogens is 387 g/mol. The maximum Gasteiger partial charge on any atom is 0.268 e. The van der Waals surface area contributed by atoms with Crippen molar-refractivity contribution >= 4 is 10.0 Å². The summed E-state index contributed by atoms with van der Waals surface area (Å²) in [5, 5.41) is 3.02. The second kappa shape index (κ2) is 8.93. The van der Waals surface area contributed by atoms with E-state index >= 15 is 0 Å². The van der Waals surface area contributed by atoms with Crippen LogP contribution in [0.15, 0.2) is 65.7 Å². The zero-order chi connectivity index (χ0) is 21.0. The Morgan fingerprint density at radius 1 is 1.03 bits per heavy atom. The molecular formula is C23H27FN2O2S. The normalized spacial score (nSPS) is 11.9. The van der Waals surface area contributed by atoms with Crippen molar-refractivity contribution in [2.75, 3.05) is 7.05 Å². The molecule has 3 rings (SSSR count). The highest BCUT2D eigenvalue weighted by atomic mass is 32.2. The van der Waals surface area contributed by atoms with Crippen LogP contribution >= 0.6 is 0 Å². The van der Waals surface area contributed by atoms with Crippen LogP contribution in [0.4, 0.5) is 4.39 Å². The van der Waals surface area contributed by atoms with E-state index in [1.54, 1.807) is 55.7 Å². The molecule has 1 aromatic heterocycles. The van der Waals surface area contributed by atoms with Gasteiger partial charge in [0, 0.05) is 18.3 Å². The number of aromatic nitrogens is 1. The molecule has 0 unspecified atom stereocenters. The third-order valence-corrected chi connectivity index (χ3v) is 6.51. The van der Waals surface area contributed by atoms with Gasteiger partial charge < -0.3 is 5.32 Å². The predicted molar refractivity (Wildman–Crippen MR) is 115 cm³/mol. The summed E-state index contributed by atoms with van der Waals surface area (Å²) in [7, 11) is -2.09. The van der Waals surface area contributed by atoms with Crippen molar-refractivity contribution < 1.29 is 12.8 Å². The number of nitrogens with one attached hydrogen (secondary N) is 1. The van der Waals surface area contributed by atoms with E-state index in [9.17, 15) is 12.8 Å². The number of hydrogen-bond acceptors (Lipinski definition) is 3. The predicted octanol–water partition coefficient (Wildman–Crippen LogP) is 4.84. The van der Waals surface area contributed by atoms with E-state index in [4.69, 9.17) is 0 Å². The third-order valence-electron chi connectivity index (χ3n) is 4.84. The summed E-state index contributed by atoms with van der Waals surface area (Å²) >= 11 is 0. The number of halogens is 1. The van der Waals surface area contributed by atoms with Crippen molar-refractivity contribution in [3.8, 4) is 11.3 Å². The highest BCUT2D eigenvalue weighted by molar-refractivity contribution is 7.90. The molecule has 2 aromatic carbocycles. The first-order chi connectivity index (χ1) is 13.8. The van der Waals surface area contributed by atoms with Gasteiger partial charge >= 0.3 is 0 Å². The Bertz CT molecular complexity index is 1090. The summed E-state index contributed by atoms with van der Waals surface area (Å²) in [5.41, 5.74) is 2.33. The molecule has 0 amide bonds. The van der Waals surface area contributed by atoms with Crippen molar-refractivity contribution in [1.29, 1.82) is 0 Å². The van der Waals surface area contributed by atoms with Crippen LogP contribution in [0.25, 0.3) is 11.3 Å². The number of aryl methyl sites for hydroxylation is 1. The lowest BCUT2D eigenvalue weighted by atomic mass is 10.0. The molecule has 0 aliphatic heterocycles. The minimum absolute atomic E-state index is 0.211. The van der Waals surface area contributed by atoms with Gasteiger partial charge in [0.25, 0.3) is 10.0 Å².